The Morgan fingerprint density at radius 3 is 2.68 bits per heavy atom. The molecule has 2 rings (SSSR count). The first-order valence-corrected chi connectivity index (χ1v) is 6.25. The van der Waals surface area contributed by atoms with Crippen LogP contribution in [0.2, 0.25) is 0 Å². The second-order valence-electron chi connectivity index (χ2n) is 4.38. The SMILES string of the molecule is [2H]C([2H])([2H])C(CCOC(c1ccccc1)c1ccnn1C)C([2H])([2H])[2H]. The number of rotatable bonds is 6. The summed E-state index contributed by atoms with van der Waals surface area (Å²) in [5.74, 6) is -1.41. The molecule has 0 saturated carbocycles. The van der Waals surface area contributed by atoms with E-state index in [-0.39, 0.29) is 13.0 Å². The number of hydrogen-bond acceptors (Lipinski definition) is 2. The summed E-state index contributed by atoms with van der Waals surface area (Å²) in [6.45, 7) is -5.08. The van der Waals surface area contributed by atoms with E-state index < -0.39 is 25.7 Å². The number of ether oxygens (including phenoxy) is 1. The zero-order chi connectivity index (χ0) is 18.7. The maximum Gasteiger partial charge on any atom is 0.124 e. The first-order chi connectivity index (χ1) is 11.6. The lowest BCUT2D eigenvalue weighted by molar-refractivity contribution is 0.0669. The molecule has 0 bridgehead atoms. The molecule has 1 heterocycles. The molecule has 1 aromatic carbocycles. The predicted octanol–water partition coefficient (Wildman–Crippen LogP) is 3.57. The van der Waals surface area contributed by atoms with Gasteiger partial charge in [-0.1, -0.05) is 44.0 Å². The second kappa shape index (κ2) is 6.53. The maximum absolute atomic E-state index is 7.47. The van der Waals surface area contributed by atoms with Gasteiger partial charge in [-0.05, 0) is 24.0 Å². The van der Waals surface area contributed by atoms with E-state index in [1.54, 1.807) is 17.9 Å². The van der Waals surface area contributed by atoms with Gasteiger partial charge in [0, 0.05) is 28.1 Å². The smallest absolute Gasteiger partial charge is 0.124 e. The molecular formula is C16H22N2O. The Hall–Kier alpha value is -1.61. The van der Waals surface area contributed by atoms with Crippen molar-refractivity contribution in [3.63, 3.8) is 0 Å². The highest BCUT2D eigenvalue weighted by Gasteiger charge is 2.17. The van der Waals surface area contributed by atoms with Crippen LogP contribution in [-0.2, 0) is 11.8 Å². The Bertz CT molecular complexity index is 651. The van der Waals surface area contributed by atoms with Crippen molar-refractivity contribution in [2.45, 2.75) is 26.2 Å². The van der Waals surface area contributed by atoms with Crippen LogP contribution in [0.5, 0.6) is 0 Å². The second-order valence-corrected chi connectivity index (χ2v) is 4.38. The normalized spacial score (nSPS) is 18.8. The minimum absolute atomic E-state index is 0.0200. The van der Waals surface area contributed by atoms with Crippen molar-refractivity contribution < 1.29 is 13.0 Å². The average Bonchev–Trinajstić information content (AvgIpc) is 2.91. The van der Waals surface area contributed by atoms with Gasteiger partial charge in [-0.25, -0.2) is 0 Å². The summed E-state index contributed by atoms with van der Waals surface area (Å²) in [5.41, 5.74) is 1.70. The van der Waals surface area contributed by atoms with Gasteiger partial charge in [-0.15, -0.1) is 0 Å². The average molecular weight is 264 g/mol. The van der Waals surface area contributed by atoms with Gasteiger partial charge in [-0.2, -0.15) is 5.10 Å². The zero-order valence-corrected chi connectivity index (χ0v) is 10.9. The van der Waals surface area contributed by atoms with Crippen molar-refractivity contribution in [2.24, 2.45) is 13.0 Å². The first-order valence-electron chi connectivity index (χ1n) is 9.25. The summed E-state index contributed by atoms with van der Waals surface area (Å²) in [7, 11) is 1.79. The van der Waals surface area contributed by atoms with Crippen LogP contribution in [0.25, 0.3) is 0 Å². The van der Waals surface area contributed by atoms with E-state index >= 15 is 0 Å². The van der Waals surface area contributed by atoms with E-state index in [1.807, 2.05) is 36.4 Å². The summed E-state index contributed by atoms with van der Waals surface area (Å²) in [6, 6.07) is 11.3. The minimum Gasteiger partial charge on any atom is -0.367 e. The van der Waals surface area contributed by atoms with Crippen LogP contribution < -0.4 is 0 Å². The van der Waals surface area contributed by atoms with Crippen molar-refractivity contribution >= 4 is 0 Å². The molecule has 2 aromatic rings. The fourth-order valence-corrected chi connectivity index (χ4v) is 1.93. The highest BCUT2D eigenvalue weighted by Crippen LogP contribution is 2.25. The lowest BCUT2D eigenvalue weighted by atomic mass is 10.1. The van der Waals surface area contributed by atoms with E-state index in [9.17, 15) is 0 Å². The molecule has 1 atom stereocenters. The first kappa shape index (κ1) is 7.85. The number of benzene rings is 1. The Morgan fingerprint density at radius 2 is 2.05 bits per heavy atom. The van der Waals surface area contributed by atoms with Gasteiger partial charge in [0.05, 0.1) is 5.69 Å². The summed E-state index contributed by atoms with van der Waals surface area (Å²) < 4.78 is 52.4. The molecule has 19 heavy (non-hydrogen) atoms. The molecule has 0 fully saturated rings. The molecule has 0 aliphatic heterocycles. The minimum atomic E-state index is -2.55. The van der Waals surface area contributed by atoms with E-state index in [4.69, 9.17) is 13.0 Å². The lowest BCUT2D eigenvalue weighted by Crippen LogP contribution is -2.12. The number of aryl methyl sites for hydroxylation is 1. The largest absolute Gasteiger partial charge is 0.367 e. The molecule has 1 unspecified atom stereocenters. The number of hydrogen-bond donors (Lipinski definition) is 0. The molecule has 0 radical (unpaired) electrons. The van der Waals surface area contributed by atoms with Crippen LogP contribution in [0, 0.1) is 5.92 Å². The van der Waals surface area contributed by atoms with Crippen molar-refractivity contribution in [1.82, 2.24) is 9.78 Å². The van der Waals surface area contributed by atoms with Crippen LogP contribution in [0.4, 0.5) is 0 Å². The van der Waals surface area contributed by atoms with Gasteiger partial charge in [-0.3, -0.25) is 4.68 Å². The Labute approximate surface area is 123 Å². The maximum atomic E-state index is 7.47. The van der Waals surface area contributed by atoms with Crippen LogP contribution in [0.15, 0.2) is 42.6 Å². The molecule has 3 nitrogen and oxygen atoms in total. The van der Waals surface area contributed by atoms with Crippen molar-refractivity contribution in [3.8, 4) is 0 Å². The Kier molecular flexibility index (Phi) is 2.70. The molecule has 0 aliphatic rings. The third-order valence-corrected chi connectivity index (χ3v) is 2.92. The van der Waals surface area contributed by atoms with E-state index in [2.05, 4.69) is 5.10 Å². The highest BCUT2D eigenvalue weighted by molar-refractivity contribution is 5.25. The van der Waals surface area contributed by atoms with Crippen molar-refractivity contribution in [2.75, 3.05) is 6.61 Å². The zero-order valence-electron chi connectivity index (χ0n) is 16.9. The Balaban J connectivity index is 2.15. The topological polar surface area (TPSA) is 27.1 Å². The van der Waals surface area contributed by atoms with Crippen molar-refractivity contribution in [1.29, 1.82) is 0 Å². The molecule has 0 spiro atoms. The van der Waals surface area contributed by atoms with Gasteiger partial charge in [0.2, 0.25) is 0 Å². The molecule has 1 aromatic heterocycles. The molecule has 102 valence electrons. The summed E-state index contributed by atoms with van der Waals surface area (Å²) in [6.07, 6.45) is 1.14. The predicted molar refractivity (Wildman–Crippen MR) is 76.9 cm³/mol. The van der Waals surface area contributed by atoms with Gasteiger partial charge >= 0.3 is 0 Å². The van der Waals surface area contributed by atoms with E-state index in [1.165, 1.54) is 0 Å². The number of aromatic nitrogens is 2. The summed E-state index contributed by atoms with van der Waals surface area (Å²) >= 11 is 0. The van der Waals surface area contributed by atoms with Gasteiger partial charge in [0.1, 0.15) is 6.10 Å². The lowest BCUT2D eigenvalue weighted by Gasteiger charge is -2.19. The fourth-order valence-electron chi connectivity index (χ4n) is 1.93. The van der Waals surface area contributed by atoms with Gasteiger partial charge < -0.3 is 4.74 Å². The molecule has 0 N–H and O–H groups in total. The quantitative estimate of drug-likeness (QED) is 0.797. The van der Waals surface area contributed by atoms with Crippen LogP contribution in [-0.4, -0.2) is 16.4 Å². The molecule has 0 aliphatic carbocycles. The van der Waals surface area contributed by atoms with Gasteiger partial charge in [0.25, 0.3) is 0 Å². The fraction of sp³-hybridized carbons (Fsp3) is 0.438. The standard InChI is InChI=1S/C16H22N2O/c1-13(2)10-12-19-16(14-7-5-4-6-8-14)15-9-11-17-18(15)3/h4-9,11,13,16H,10,12H2,1-3H3/i1D3,2D3. The van der Waals surface area contributed by atoms with E-state index in [0.29, 0.717) is 0 Å². The third-order valence-electron chi connectivity index (χ3n) is 2.92. The molecule has 3 heteroatoms. The Morgan fingerprint density at radius 1 is 1.26 bits per heavy atom. The van der Waals surface area contributed by atoms with Gasteiger partial charge in [0.15, 0.2) is 0 Å². The molecular weight excluding hydrogens is 236 g/mol. The number of nitrogens with zero attached hydrogens (tertiary/aromatic N) is 2. The van der Waals surface area contributed by atoms with E-state index in [0.717, 1.165) is 11.3 Å². The molecule has 0 saturated heterocycles. The third kappa shape index (κ3) is 3.67. The summed E-state index contributed by atoms with van der Waals surface area (Å²) in [5, 5.41) is 4.14. The van der Waals surface area contributed by atoms with Crippen molar-refractivity contribution in [3.05, 3.63) is 53.9 Å². The summed E-state index contributed by atoms with van der Waals surface area (Å²) in [4.78, 5) is 0. The highest BCUT2D eigenvalue weighted by atomic mass is 16.5. The van der Waals surface area contributed by atoms with Crippen LogP contribution in [0.1, 0.15) is 45.7 Å². The van der Waals surface area contributed by atoms with Crippen LogP contribution in [0.3, 0.4) is 0 Å². The van der Waals surface area contributed by atoms with Crippen LogP contribution >= 0.6 is 0 Å². The monoisotopic (exact) mass is 264 g/mol. The molecule has 0 amide bonds.